The third-order valence-electron chi connectivity index (χ3n) is 3.59. The number of halogens is 3. The number of hydrogen-bond acceptors (Lipinski definition) is 6. The molecule has 5 nitrogen and oxygen atoms in total. The molecule has 0 aliphatic rings. The molecular weight excluding hydrogens is 435 g/mol. The lowest BCUT2D eigenvalue weighted by Crippen LogP contribution is -2.29. The fourth-order valence-electron chi connectivity index (χ4n) is 2.34. The van der Waals surface area contributed by atoms with Crippen molar-refractivity contribution in [2.75, 3.05) is 6.54 Å². The van der Waals surface area contributed by atoms with Crippen LogP contribution in [-0.2, 0) is 10.0 Å². The number of ether oxygens (including phenoxy) is 1. The molecule has 0 amide bonds. The quantitative estimate of drug-likeness (QED) is 0.561. The molecule has 2 N–H and O–H groups in total. The molecule has 11 heteroatoms. The molecule has 0 bridgehead atoms. The van der Waals surface area contributed by atoms with Crippen LogP contribution in [0.4, 0.5) is 13.2 Å². The van der Waals surface area contributed by atoms with Crippen LogP contribution in [0.3, 0.4) is 0 Å². The van der Waals surface area contributed by atoms with Gasteiger partial charge in [-0.25, -0.2) is 13.1 Å². The van der Waals surface area contributed by atoms with E-state index >= 15 is 0 Å². The minimum atomic E-state index is -5.03. The van der Waals surface area contributed by atoms with E-state index in [9.17, 15) is 26.7 Å². The molecule has 2 heterocycles. The standard InChI is InChI=1S/C17H14F3NO4S3/c18-17(19,20)25-13-3-1-2-4-16(13)28(23,24)21-9-12(22)15-6-5-14(27-15)11-7-8-26-10-11/h1-8,10,12,21-22H,9H2. The Bertz CT molecular complexity index is 1030. The molecular formula is C17H14F3NO4S3. The monoisotopic (exact) mass is 449 g/mol. The number of benzene rings is 1. The summed E-state index contributed by atoms with van der Waals surface area (Å²) in [6.45, 7) is -0.397. The number of alkyl halides is 3. The Morgan fingerprint density at radius 1 is 1.14 bits per heavy atom. The number of thiophene rings is 2. The molecule has 3 rings (SSSR count). The number of sulfonamides is 1. The predicted octanol–water partition coefficient (Wildman–Crippen LogP) is 4.39. The first-order chi connectivity index (χ1) is 13.2. The van der Waals surface area contributed by atoms with E-state index in [1.165, 1.54) is 34.8 Å². The van der Waals surface area contributed by atoms with Crippen molar-refractivity contribution in [1.29, 1.82) is 0 Å². The lowest BCUT2D eigenvalue weighted by Gasteiger charge is -2.15. The van der Waals surface area contributed by atoms with Crippen LogP contribution in [0, 0.1) is 0 Å². The third-order valence-corrected chi connectivity index (χ3v) is 6.97. The number of aliphatic hydroxyl groups excluding tert-OH is 1. The Labute approximate surface area is 167 Å². The summed E-state index contributed by atoms with van der Waals surface area (Å²) < 4.78 is 68.2. The highest BCUT2D eigenvalue weighted by Crippen LogP contribution is 2.33. The van der Waals surface area contributed by atoms with Gasteiger partial charge in [0.15, 0.2) is 0 Å². The molecule has 150 valence electrons. The molecule has 0 aliphatic heterocycles. The smallest absolute Gasteiger partial charge is 0.404 e. The Kier molecular flexibility index (Phi) is 6.10. The molecule has 1 unspecified atom stereocenters. The average Bonchev–Trinajstić information content (AvgIpc) is 3.30. The first kappa shape index (κ1) is 20.8. The molecule has 0 saturated carbocycles. The van der Waals surface area contributed by atoms with Gasteiger partial charge in [-0.1, -0.05) is 12.1 Å². The van der Waals surface area contributed by atoms with Crippen LogP contribution >= 0.6 is 22.7 Å². The number of nitrogens with one attached hydrogen (secondary N) is 1. The summed E-state index contributed by atoms with van der Waals surface area (Å²) in [5.74, 6) is -0.840. The zero-order valence-electron chi connectivity index (χ0n) is 14.0. The maximum atomic E-state index is 12.5. The SMILES string of the molecule is O=S(=O)(NCC(O)c1ccc(-c2ccsc2)s1)c1ccccc1OC(F)(F)F. The first-order valence-corrected chi connectivity index (χ1v) is 11.0. The van der Waals surface area contributed by atoms with Gasteiger partial charge in [0, 0.05) is 21.9 Å². The van der Waals surface area contributed by atoms with E-state index in [1.807, 2.05) is 22.9 Å². The molecule has 0 saturated heterocycles. The van der Waals surface area contributed by atoms with Crippen LogP contribution in [0.15, 0.2) is 58.1 Å². The Hall–Kier alpha value is -1.92. The van der Waals surface area contributed by atoms with Crippen LogP contribution in [0.5, 0.6) is 5.75 Å². The largest absolute Gasteiger partial charge is 0.573 e. The maximum absolute atomic E-state index is 12.5. The van der Waals surface area contributed by atoms with Crippen molar-refractivity contribution in [3.63, 3.8) is 0 Å². The summed E-state index contributed by atoms with van der Waals surface area (Å²) in [6.07, 6.45) is -6.18. The zero-order valence-corrected chi connectivity index (χ0v) is 16.5. The summed E-state index contributed by atoms with van der Waals surface area (Å²) in [6, 6.07) is 9.82. The van der Waals surface area contributed by atoms with Gasteiger partial charge in [0.1, 0.15) is 16.7 Å². The normalized spacial score (nSPS) is 13.4. The lowest BCUT2D eigenvalue weighted by molar-refractivity contribution is -0.275. The van der Waals surface area contributed by atoms with Crippen molar-refractivity contribution in [3.8, 4) is 16.2 Å². The van der Waals surface area contributed by atoms with Gasteiger partial charge in [0.25, 0.3) is 0 Å². The van der Waals surface area contributed by atoms with E-state index in [-0.39, 0.29) is 0 Å². The van der Waals surface area contributed by atoms with Crippen molar-refractivity contribution in [2.45, 2.75) is 17.4 Å². The number of para-hydroxylation sites is 1. The molecule has 28 heavy (non-hydrogen) atoms. The van der Waals surface area contributed by atoms with Crippen molar-refractivity contribution in [3.05, 3.63) is 58.1 Å². The van der Waals surface area contributed by atoms with Crippen LogP contribution in [0.1, 0.15) is 11.0 Å². The summed E-state index contributed by atoms with van der Waals surface area (Å²) in [7, 11) is -4.33. The van der Waals surface area contributed by atoms with Crippen LogP contribution in [-0.4, -0.2) is 26.4 Å². The van der Waals surface area contributed by atoms with Gasteiger partial charge in [0.2, 0.25) is 10.0 Å². The molecule has 0 aliphatic carbocycles. The average molecular weight is 449 g/mol. The predicted molar refractivity (Wildman–Crippen MR) is 101 cm³/mol. The van der Waals surface area contributed by atoms with Crippen molar-refractivity contribution in [2.24, 2.45) is 0 Å². The van der Waals surface area contributed by atoms with E-state index < -0.39 is 39.7 Å². The Balaban J connectivity index is 1.72. The van der Waals surface area contributed by atoms with Crippen LogP contribution in [0.2, 0.25) is 0 Å². The van der Waals surface area contributed by atoms with E-state index in [0.717, 1.165) is 22.6 Å². The van der Waals surface area contributed by atoms with E-state index in [4.69, 9.17) is 0 Å². The van der Waals surface area contributed by atoms with E-state index in [2.05, 4.69) is 9.46 Å². The minimum absolute atomic E-state index is 0.397. The van der Waals surface area contributed by atoms with Crippen LogP contribution < -0.4 is 9.46 Å². The summed E-state index contributed by atoms with van der Waals surface area (Å²) in [5.41, 5.74) is 0.993. The number of hydrogen-bond donors (Lipinski definition) is 2. The molecule has 1 aromatic carbocycles. The van der Waals surface area contributed by atoms with Crippen LogP contribution in [0.25, 0.3) is 10.4 Å². The zero-order chi connectivity index (χ0) is 20.4. The number of aliphatic hydroxyl groups is 1. The highest BCUT2D eigenvalue weighted by Gasteiger charge is 2.34. The second kappa shape index (κ2) is 8.21. The highest BCUT2D eigenvalue weighted by molar-refractivity contribution is 7.89. The first-order valence-electron chi connectivity index (χ1n) is 7.80. The van der Waals surface area contributed by atoms with Gasteiger partial charge in [-0.2, -0.15) is 11.3 Å². The van der Waals surface area contributed by atoms with Crippen molar-refractivity contribution >= 4 is 32.7 Å². The van der Waals surface area contributed by atoms with Gasteiger partial charge >= 0.3 is 6.36 Å². The lowest BCUT2D eigenvalue weighted by atomic mass is 10.2. The van der Waals surface area contributed by atoms with Gasteiger partial charge in [0.05, 0.1) is 0 Å². The molecule has 0 fully saturated rings. The fraction of sp³-hybridized carbons (Fsp3) is 0.176. The van der Waals surface area contributed by atoms with E-state index in [0.29, 0.717) is 4.88 Å². The van der Waals surface area contributed by atoms with Crippen molar-refractivity contribution < 1.29 is 31.4 Å². The fourth-order valence-corrected chi connectivity index (χ4v) is 5.23. The summed E-state index contributed by atoms with van der Waals surface area (Å²) in [4.78, 5) is 0.787. The third kappa shape index (κ3) is 5.11. The second-order valence-electron chi connectivity index (χ2n) is 5.58. The molecule has 0 radical (unpaired) electrons. The molecule has 3 aromatic rings. The molecule has 1 atom stereocenters. The maximum Gasteiger partial charge on any atom is 0.573 e. The summed E-state index contributed by atoms with van der Waals surface area (Å²) in [5, 5.41) is 14.1. The highest BCUT2D eigenvalue weighted by atomic mass is 32.2. The van der Waals surface area contributed by atoms with Gasteiger partial charge < -0.3 is 9.84 Å². The molecule has 2 aromatic heterocycles. The minimum Gasteiger partial charge on any atom is -0.404 e. The van der Waals surface area contributed by atoms with Gasteiger partial charge in [-0.3, -0.25) is 0 Å². The Morgan fingerprint density at radius 3 is 2.57 bits per heavy atom. The Morgan fingerprint density at radius 2 is 1.89 bits per heavy atom. The van der Waals surface area contributed by atoms with Gasteiger partial charge in [-0.05, 0) is 41.1 Å². The molecule has 0 spiro atoms. The number of rotatable bonds is 7. The van der Waals surface area contributed by atoms with Gasteiger partial charge in [-0.15, -0.1) is 24.5 Å². The van der Waals surface area contributed by atoms with Crippen molar-refractivity contribution in [1.82, 2.24) is 4.72 Å². The summed E-state index contributed by atoms with van der Waals surface area (Å²) >= 11 is 2.83. The second-order valence-corrected chi connectivity index (χ2v) is 9.21. The topological polar surface area (TPSA) is 75.6 Å². The van der Waals surface area contributed by atoms with E-state index in [1.54, 1.807) is 6.07 Å².